The molecule has 4 aromatic rings. The Balaban J connectivity index is 1.33. The summed E-state index contributed by atoms with van der Waals surface area (Å²) in [6.45, 7) is 0.674. The van der Waals surface area contributed by atoms with Gasteiger partial charge < -0.3 is 10.6 Å². The van der Waals surface area contributed by atoms with Crippen LogP contribution in [0.2, 0.25) is 0 Å². The van der Waals surface area contributed by atoms with Crippen LogP contribution in [0.1, 0.15) is 23.5 Å². The molecule has 0 amide bonds. The molecule has 0 unspecified atom stereocenters. The topological polar surface area (TPSA) is 96.0 Å². The van der Waals surface area contributed by atoms with Gasteiger partial charge in [-0.25, -0.2) is 23.1 Å². The summed E-state index contributed by atoms with van der Waals surface area (Å²) in [6.07, 6.45) is 3.79. The smallest absolute Gasteiger partial charge is 0.264 e. The highest BCUT2D eigenvalue weighted by Crippen LogP contribution is 2.27. The van der Waals surface area contributed by atoms with E-state index in [0.29, 0.717) is 17.3 Å². The molecule has 0 aliphatic heterocycles. The van der Waals surface area contributed by atoms with Crippen LogP contribution in [0.5, 0.6) is 0 Å². The largest absolute Gasteiger partial charge is 0.362 e. The lowest BCUT2D eigenvalue weighted by Gasteiger charge is -2.19. The van der Waals surface area contributed by atoms with Crippen LogP contribution in [0.25, 0.3) is 0 Å². The Hall–Kier alpha value is -3.82. The molecule has 0 aliphatic rings. The molecule has 0 fully saturated rings. The van der Waals surface area contributed by atoms with E-state index < -0.39 is 10.0 Å². The van der Waals surface area contributed by atoms with Crippen molar-refractivity contribution in [1.29, 1.82) is 0 Å². The van der Waals surface area contributed by atoms with Crippen LogP contribution in [0.3, 0.4) is 0 Å². The van der Waals surface area contributed by atoms with Gasteiger partial charge in [0.1, 0.15) is 0 Å². The van der Waals surface area contributed by atoms with Crippen molar-refractivity contribution >= 4 is 39.0 Å². The normalized spacial score (nSPS) is 11.1. The fourth-order valence-electron chi connectivity index (χ4n) is 3.65. The number of nitrogens with one attached hydrogen (secondary N) is 3. The summed E-state index contributed by atoms with van der Waals surface area (Å²) >= 11 is 5.45. The molecule has 178 valence electrons. The van der Waals surface area contributed by atoms with Gasteiger partial charge in [-0.05, 0) is 60.1 Å². The van der Waals surface area contributed by atoms with E-state index in [1.807, 2.05) is 12.1 Å². The fraction of sp³-hybridized carbons (Fsp3) is 0.115. The molecular weight excluding hydrogens is 478 g/mol. The predicted octanol–water partition coefficient (Wildman–Crippen LogP) is 4.79. The third kappa shape index (κ3) is 6.84. The average Bonchev–Trinajstić information content (AvgIpc) is 2.88. The molecular formula is C26H25N5O2S2. The summed E-state index contributed by atoms with van der Waals surface area (Å²) in [5.74, 6) is 0.266. The van der Waals surface area contributed by atoms with Crippen molar-refractivity contribution < 1.29 is 8.42 Å². The number of hydrogen-bond donors (Lipinski definition) is 3. The minimum atomic E-state index is -3.79. The highest BCUT2D eigenvalue weighted by atomic mass is 32.2. The highest BCUT2D eigenvalue weighted by Gasteiger charge is 2.16. The molecule has 9 heteroatoms. The van der Waals surface area contributed by atoms with Crippen molar-refractivity contribution in [1.82, 2.24) is 15.3 Å². The SMILES string of the molecule is O=S(=O)(Nc1ncccn1)c1ccc(NC(=S)NCCC(c2ccccc2)c2ccccc2)cc1. The Bertz CT molecular complexity index is 1300. The van der Waals surface area contributed by atoms with Crippen LogP contribution in [-0.2, 0) is 10.0 Å². The number of benzene rings is 3. The molecule has 1 heterocycles. The monoisotopic (exact) mass is 503 g/mol. The van der Waals surface area contributed by atoms with E-state index in [1.165, 1.54) is 35.7 Å². The van der Waals surface area contributed by atoms with Gasteiger partial charge in [-0.15, -0.1) is 0 Å². The lowest BCUT2D eigenvalue weighted by atomic mass is 9.88. The maximum Gasteiger partial charge on any atom is 0.264 e. The Morgan fingerprint density at radius 1 is 0.800 bits per heavy atom. The molecule has 0 saturated heterocycles. The minimum Gasteiger partial charge on any atom is -0.362 e. The number of rotatable bonds is 9. The highest BCUT2D eigenvalue weighted by molar-refractivity contribution is 7.92. The van der Waals surface area contributed by atoms with E-state index >= 15 is 0 Å². The van der Waals surface area contributed by atoms with Gasteiger partial charge in [-0.2, -0.15) is 0 Å². The van der Waals surface area contributed by atoms with Crippen LogP contribution in [-0.4, -0.2) is 30.0 Å². The Kier molecular flexibility index (Phi) is 8.02. The first-order valence-corrected chi connectivity index (χ1v) is 12.9. The molecule has 0 aliphatic carbocycles. The fourth-order valence-corrected chi connectivity index (χ4v) is 4.83. The van der Waals surface area contributed by atoms with E-state index in [1.54, 1.807) is 18.2 Å². The second kappa shape index (κ2) is 11.5. The van der Waals surface area contributed by atoms with E-state index in [9.17, 15) is 8.42 Å². The van der Waals surface area contributed by atoms with Gasteiger partial charge >= 0.3 is 0 Å². The Morgan fingerprint density at radius 2 is 1.37 bits per heavy atom. The number of sulfonamides is 1. The molecule has 3 N–H and O–H groups in total. The zero-order chi connectivity index (χ0) is 24.5. The van der Waals surface area contributed by atoms with Crippen molar-refractivity contribution in [2.24, 2.45) is 0 Å². The maximum atomic E-state index is 12.5. The molecule has 0 atom stereocenters. The molecule has 0 radical (unpaired) electrons. The van der Waals surface area contributed by atoms with Crippen molar-refractivity contribution in [2.75, 3.05) is 16.6 Å². The summed E-state index contributed by atoms with van der Waals surface area (Å²) in [4.78, 5) is 7.87. The molecule has 0 saturated carbocycles. The van der Waals surface area contributed by atoms with Crippen LogP contribution >= 0.6 is 12.2 Å². The zero-order valence-electron chi connectivity index (χ0n) is 18.8. The van der Waals surface area contributed by atoms with Gasteiger partial charge in [0.25, 0.3) is 10.0 Å². The number of nitrogens with zero attached hydrogens (tertiary/aromatic N) is 2. The van der Waals surface area contributed by atoms with Crippen molar-refractivity contribution in [3.05, 3.63) is 115 Å². The molecule has 1 aromatic heterocycles. The standard InChI is InChI=1S/C26H25N5O2S2/c32-35(33,31-25-27-17-7-18-28-25)23-14-12-22(13-15-23)30-26(34)29-19-16-24(20-8-3-1-4-9-20)21-10-5-2-6-11-21/h1-15,17-18,24H,16,19H2,(H,27,28,31)(H2,29,30,34). The van der Waals surface area contributed by atoms with E-state index in [2.05, 4.69) is 73.9 Å². The number of anilines is 2. The zero-order valence-corrected chi connectivity index (χ0v) is 20.5. The summed E-state index contributed by atoms with van der Waals surface area (Å²) in [7, 11) is -3.79. The summed E-state index contributed by atoms with van der Waals surface area (Å²) in [5, 5.41) is 6.82. The molecule has 0 spiro atoms. The van der Waals surface area contributed by atoms with Gasteiger partial charge in [0, 0.05) is 30.5 Å². The summed E-state index contributed by atoms with van der Waals surface area (Å²) < 4.78 is 27.4. The second-order valence-corrected chi connectivity index (χ2v) is 9.84. The van der Waals surface area contributed by atoms with E-state index in [4.69, 9.17) is 12.2 Å². The van der Waals surface area contributed by atoms with Crippen molar-refractivity contribution in [3.63, 3.8) is 0 Å². The Morgan fingerprint density at radius 3 is 1.94 bits per heavy atom. The van der Waals surface area contributed by atoms with E-state index in [-0.39, 0.29) is 16.8 Å². The molecule has 3 aromatic carbocycles. The Labute approximate surface area is 210 Å². The van der Waals surface area contributed by atoms with Gasteiger partial charge in [0.15, 0.2) is 5.11 Å². The van der Waals surface area contributed by atoms with Crippen LogP contribution in [0.15, 0.2) is 108 Å². The second-order valence-electron chi connectivity index (χ2n) is 7.75. The van der Waals surface area contributed by atoms with Crippen LogP contribution < -0.4 is 15.4 Å². The number of hydrogen-bond acceptors (Lipinski definition) is 5. The molecule has 35 heavy (non-hydrogen) atoms. The lowest BCUT2D eigenvalue weighted by molar-refractivity contribution is 0.601. The van der Waals surface area contributed by atoms with Crippen molar-refractivity contribution in [2.45, 2.75) is 17.2 Å². The van der Waals surface area contributed by atoms with Crippen LogP contribution in [0, 0.1) is 0 Å². The first kappa shape index (κ1) is 24.3. The summed E-state index contributed by atoms with van der Waals surface area (Å²) in [5.41, 5.74) is 3.19. The quantitative estimate of drug-likeness (QED) is 0.283. The number of aromatic nitrogens is 2. The van der Waals surface area contributed by atoms with Gasteiger partial charge in [0.2, 0.25) is 5.95 Å². The lowest BCUT2D eigenvalue weighted by Crippen LogP contribution is -2.30. The van der Waals surface area contributed by atoms with Crippen LogP contribution in [0.4, 0.5) is 11.6 Å². The van der Waals surface area contributed by atoms with Gasteiger partial charge in [0.05, 0.1) is 4.90 Å². The predicted molar refractivity (Wildman–Crippen MR) is 143 cm³/mol. The molecule has 7 nitrogen and oxygen atoms in total. The third-order valence-corrected chi connectivity index (χ3v) is 6.93. The van der Waals surface area contributed by atoms with Gasteiger partial charge in [-0.3, -0.25) is 0 Å². The average molecular weight is 504 g/mol. The summed E-state index contributed by atoms with van der Waals surface area (Å²) in [6, 6.07) is 28.7. The van der Waals surface area contributed by atoms with Crippen molar-refractivity contribution in [3.8, 4) is 0 Å². The molecule has 0 bridgehead atoms. The first-order valence-electron chi connectivity index (χ1n) is 11.1. The van der Waals surface area contributed by atoms with E-state index in [0.717, 1.165) is 6.42 Å². The maximum absolute atomic E-state index is 12.5. The molecule has 4 rings (SSSR count). The first-order chi connectivity index (χ1) is 17.0. The third-order valence-electron chi connectivity index (χ3n) is 5.34. The number of thiocarbonyl (C=S) groups is 1. The van der Waals surface area contributed by atoms with Gasteiger partial charge in [-0.1, -0.05) is 60.7 Å². The minimum absolute atomic E-state index is 0.0180.